The molecule has 0 saturated carbocycles. The van der Waals surface area contributed by atoms with E-state index in [0.29, 0.717) is 12.8 Å². The Morgan fingerprint density at radius 1 is 0.528 bits per heavy atom. The second-order valence-electron chi connectivity index (χ2n) is 17.6. The number of carbonyl (C=O) groups excluding carboxylic acids is 1. The van der Waals surface area contributed by atoms with Crippen molar-refractivity contribution < 1.29 is 32.8 Å². The summed E-state index contributed by atoms with van der Waals surface area (Å²) in [6.07, 6.45) is 25.4. The second kappa shape index (κ2) is 30.6. The summed E-state index contributed by atoms with van der Waals surface area (Å²) in [7, 11) is -4.69. The number of ether oxygens (including phenoxy) is 2. The molecule has 8 nitrogen and oxygen atoms in total. The summed E-state index contributed by atoms with van der Waals surface area (Å²) < 4.78 is 38.1. The summed E-state index contributed by atoms with van der Waals surface area (Å²) in [5, 5.41) is 3.67. The molecule has 2 atom stereocenters. The highest BCUT2D eigenvalue weighted by molar-refractivity contribution is 7.47. The molecule has 0 amide bonds. The highest BCUT2D eigenvalue weighted by atomic mass is 31.2. The number of hydrogen-bond donors (Lipinski definition) is 2. The number of allylic oxidation sites excluding steroid dienone is 8. The molecule has 0 radical (unpaired) electrons. The van der Waals surface area contributed by atoms with E-state index in [1.807, 2.05) is 146 Å². The van der Waals surface area contributed by atoms with Crippen molar-refractivity contribution in [1.82, 2.24) is 5.32 Å². The lowest BCUT2D eigenvalue weighted by Crippen LogP contribution is -2.46. The van der Waals surface area contributed by atoms with E-state index >= 15 is 0 Å². The van der Waals surface area contributed by atoms with Crippen molar-refractivity contribution >= 4 is 13.8 Å². The third kappa shape index (κ3) is 17.0. The Morgan fingerprint density at radius 2 is 0.917 bits per heavy atom. The van der Waals surface area contributed by atoms with Gasteiger partial charge < -0.3 is 14.4 Å². The van der Waals surface area contributed by atoms with Crippen LogP contribution in [0.4, 0.5) is 0 Å². The van der Waals surface area contributed by atoms with Crippen LogP contribution in [0.25, 0.3) is 0 Å². The molecule has 0 aliphatic rings. The zero-order valence-electron chi connectivity index (χ0n) is 41.8. The summed E-state index contributed by atoms with van der Waals surface area (Å²) >= 11 is 0. The van der Waals surface area contributed by atoms with E-state index in [-0.39, 0.29) is 26.2 Å². The van der Waals surface area contributed by atoms with Crippen LogP contribution in [0.1, 0.15) is 105 Å². The maximum Gasteiger partial charge on any atom is 0.472 e. The normalized spacial score (nSPS) is 13.5. The fraction of sp³-hybridized carbons (Fsp3) is 0.286. The number of phosphoric ester groups is 1. The third-order valence-corrected chi connectivity index (χ3v) is 13.3. The first kappa shape index (κ1) is 55.1. The average Bonchev–Trinajstić information content (AvgIpc) is 3.43. The highest BCUT2D eigenvalue weighted by Gasteiger charge is 2.40. The van der Waals surface area contributed by atoms with Crippen molar-refractivity contribution in [2.75, 3.05) is 26.4 Å². The van der Waals surface area contributed by atoms with E-state index in [2.05, 4.69) is 97.2 Å². The third-order valence-electron chi connectivity index (χ3n) is 12.3. The Morgan fingerprint density at radius 3 is 1.33 bits per heavy atom. The van der Waals surface area contributed by atoms with Crippen molar-refractivity contribution in [3.05, 3.63) is 264 Å². The molecule has 72 heavy (non-hydrogen) atoms. The number of esters is 1. The summed E-state index contributed by atoms with van der Waals surface area (Å²) in [4.78, 5) is 24.8. The Labute approximate surface area is 428 Å². The van der Waals surface area contributed by atoms with Gasteiger partial charge in [-0.3, -0.25) is 19.2 Å². The lowest BCUT2D eigenvalue weighted by molar-refractivity contribution is -0.157. The number of rotatable bonds is 32. The van der Waals surface area contributed by atoms with Crippen molar-refractivity contribution in [3.63, 3.8) is 0 Å². The SMILES string of the molecule is CCCCC/C=C\C/C=C\C/C=C\C/C=C\CCCC(=O)O[C@H](COC(c1ccccc1)(c1ccccc1)c1ccccc1)COP(=O)(O)OCCNC(c1ccccc1)(c1ccccc1)c1ccccc1. The monoisotopic (exact) mass is 986 g/mol. The molecule has 9 heteroatoms. The molecule has 0 heterocycles. The molecule has 0 bridgehead atoms. The predicted molar refractivity (Wildman–Crippen MR) is 292 cm³/mol. The van der Waals surface area contributed by atoms with Gasteiger partial charge in [0, 0.05) is 13.0 Å². The van der Waals surface area contributed by atoms with Gasteiger partial charge in [0.2, 0.25) is 0 Å². The molecule has 376 valence electrons. The van der Waals surface area contributed by atoms with Crippen molar-refractivity contribution in [1.29, 1.82) is 0 Å². The fourth-order valence-corrected chi connectivity index (χ4v) is 9.51. The minimum Gasteiger partial charge on any atom is -0.457 e. The maximum atomic E-state index is 13.7. The molecular formula is C63H72NO7P. The Bertz CT molecular complexity index is 2390. The molecule has 2 N–H and O–H groups in total. The summed E-state index contributed by atoms with van der Waals surface area (Å²) in [5.74, 6) is -0.468. The van der Waals surface area contributed by atoms with Gasteiger partial charge in [-0.2, -0.15) is 0 Å². The summed E-state index contributed by atoms with van der Waals surface area (Å²) in [6.45, 7) is 1.61. The van der Waals surface area contributed by atoms with Gasteiger partial charge in [-0.25, -0.2) is 4.57 Å². The Balaban J connectivity index is 1.11. The van der Waals surface area contributed by atoms with Crippen LogP contribution < -0.4 is 5.32 Å². The molecule has 6 rings (SSSR count). The van der Waals surface area contributed by atoms with Gasteiger partial charge in [0.05, 0.1) is 25.4 Å². The maximum absolute atomic E-state index is 13.7. The number of unbranched alkanes of at least 4 members (excludes halogenated alkanes) is 4. The summed E-state index contributed by atoms with van der Waals surface area (Å²) in [5.41, 5.74) is 3.60. The first-order chi connectivity index (χ1) is 35.4. The average molecular weight is 986 g/mol. The minimum absolute atomic E-state index is 0.140. The van der Waals surface area contributed by atoms with Crippen molar-refractivity contribution in [2.45, 2.75) is 88.4 Å². The molecule has 0 aliphatic heterocycles. The topological polar surface area (TPSA) is 103 Å². The number of nitrogens with one attached hydrogen (secondary N) is 1. The molecule has 0 fully saturated rings. The molecular weight excluding hydrogens is 914 g/mol. The largest absolute Gasteiger partial charge is 0.472 e. The number of carbonyl (C=O) groups is 1. The van der Waals surface area contributed by atoms with Crippen LogP contribution in [0.2, 0.25) is 0 Å². The zero-order chi connectivity index (χ0) is 50.4. The molecule has 0 aromatic heterocycles. The van der Waals surface area contributed by atoms with Crippen molar-refractivity contribution in [2.24, 2.45) is 0 Å². The quantitative estimate of drug-likeness (QED) is 0.0142. The number of phosphoric acid groups is 1. The fourth-order valence-electron chi connectivity index (χ4n) is 8.76. The molecule has 6 aromatic carbocycles. The lowest BCUT2D eigenvalue weighted by Gasteiger charge is -2.37. The van der Waals surface area contributed by atoms with Gasteiger partial charge in [0.15, 0.2) is 0 Å². The van der Waals surface area contributed by atoms with E-state index < -0.39 is 37.6 Å². The van der Waals surface area contributed by atoms with Gasteiger partial charge in [0.1, 0.15) is 11.7 Å². The smallest absolute Gasteiger partial charge is 0.457 e. The second-order valence-corrected chi connectivity index (χ2v) is 19.0. The standard InChI is InChI=1S/C63H72NO7P/c1-2-3-4-5-6-7-8-9-10-11-12-13-14-15-16-17-36-49-61(65)71-60(52-68-63(57-43-30-21-31-44-57,58-45-32-22-33-46-58)59-47-34-23-35-48-59)53-70-72(66,67)69-51-50-64-62(54-37-24-18-25-38-54,55-39-26-19-27-40-55)56-41-28-20-29-42-56/h6-7,9-10,12-13,15-16,18-35,37-48,60,64H,2-5,8,11,14,17,36,49-53H2,1H3,(H,66,67)/b7-6-,10-9-,13-12-,16-15-/t60-/m1/s1. The van der Waals surface area contributed by atoms with Gasteiger partial charge in [-0.05, 0) is 78.3 Å². The van der Waals surface area contributed by atoms with Crippen LogP contribution in [-0.2, 0) is 39.0 Å². The van der Waals surface area contributed by atoms with Crippen LogP contribution in [0, 0.1) is 0 Å². The molecule has 0 aliphatic carbocycles. The predicted octanol–water partition coefficient (Wildman–Crippen LogP) is 14.8. The first-order valence-corrected chi connectivity index (χ1v) is 27.0. The van der Waals surface area contributed by atoms with Gasteiger partial charge in [-0.15, -0.1) is 0 Å². The summed E-state index contributed by atoms with van der Waals surface area (Å²) in [6, 6.07) is 59.8. The molecule has 0 spiro atoms. The first-order valence-electron chi connectivity index (χ1n) is 25.5. The molecule has 1 unspecified atom stereocenters. The van der Waals surface area contributed by atoms with Gasteiger partial charge in [-0.1, -0.05) is 250 Å². The van der Waals surface area contributed by atoms with Crippen LogP contribution in [-0.4, -0.2) is 43.3 Å². The Kier molecular flexibility index (Phi) is 23.4. The number of hydrogen-bond acceptors (Lipinski definition) is 7. The van der Waals surface area contributed by atoms with Crippen molar-refractivity contribution in [3.8, 4) is 0 Å². The van der Waals surface area contributed by atoms with Crippen LogP contribution in [0.15, 0.2) is 231 Å². The molecule has 6 aromatic rings. The van der Waals surface area contributed by atoms with E-state index in [1.165, 1.54) is 19.3 Å². The van der Waals surface area contributed by atoms with E-state index in [4.69, 9.17) is 18.5 Å². The Hall–Kier alpha value is -6.22. The minimum atomic E-state index is -4.69. The zero-order valence-corrected chi connectivity index (χ0v) is 42.7. The number of benzene rings is 6. The van der Waals surface area contributed by atoms with Gasteiger partial charge >= 0.3 is 13.8 Å². The highest BCUT2D eigenvalue weighted by Crippen LogP contribution is 2.45. The lowest BCUT2D eigenvalue weighted by atomic mass is 9.77. The molecule has 0 saturated heterocycles. The van der Waals surface area contributed by atoms with Gasteiger partial charge in [0.25, 0.3) is 0 Å². The van der Waals surface area contributed by atoms with E-state index in [9.17, 15) is 14.3 Å². The van der Waals surface area contributed by atoms with Crippen LogP contribution in [0.3, 0.4) is 0 Å². The van der Waals surface area contributed by atoms with E-state index in [1.54, 1.807) is 0 Å². The van der Waals surface area contributed by atoms with Crippen LogP contribution in [0.5, 0.6) is 0 Å². The van der Waals surface area contributed by atoms with E-state index in [0.717, 1.165) is 59.1 Å². The van der Waals surface area contributed by atoms with Crippen LogP contribution >= 0.6 is 7.82 Å².